The van der Waals surface area contributed by atoms with Gasteiger partial charge in [-0.2, -0.15) is 5.10 Å². The van der Waals surface area contributed by atoms with Crippen LogP contribution in [-0.2, 0) is 27.1 Å². The molecule has 0 bridgehead atoms. The Labute approximate surface area is 182 Å². The molecule has 0 unspecified atom stereocenters. The second-order valence-electron chi connectivity index (χ2n) is 9.05. The molecule has 2 heterocycles. The number of aromatic nitrogens is 2. The fourth-order valence-corrected chi connectivity index (χ4v) is 6.16. The summed E-state index contributed by atoms with van der Waals surface area (Å²) in [5.74, 6) is 2.60. The van der Waals surface area contributed by atoms with E-state index in [0.29, 0.717) is 11.5 Å². The van der Waals surface area contributed by atoms with Gasteiger partial charge in [0.25, 0.3) is 0 Å². The maximum Gasteiger partial charge on any atom is 0.228 e. The number of hydrogen-bond donors (Lipinski definition) is 1. The van der Waals surface area contributed by atoms with E-state index < -0.39 is 10.8 Å². The zero-order valence-corrected chi connectivity index (χ0v) is 19.2. The van der Waals surface area contributed by atoms with E-state index in [4.69, 9.17) is 5.10 Å². The lowest BCUT2D eigenvalue weighted by molar-refractivity contribution is -0.121. The molecule has 162 valence electrons. The van der Waals surface area contributed by atoms with Crippen LogP contribution in [0.4, 0.5) is 5.82 Å². The Kier molecular flexibility index (Phi) is 6.42. The molecular formula is C24H33N3O2S. The first kappa shape index (κ1) is 21.3. The van der Waals surface area contributed by atoms with E-state index in [9.17, 15) is 9.00 Å². The zero-order valence-electron chi connectivity index (χ0n) is 18.4. The lowest BCUT2D eigenvalue weighted by atomic mass is 9.79. The summed E-state index contributed by atoms with van der Waals surface area (Å²) in [5, 5.41) is 7.96. The van der Waals surface area contributed by atoms with Crippen LogP contribution in [0.1, 0.15) is 74.3 Å². The molecule has 2 aliphatic rings. The number of carbonyl (C=O) groups is 1. The molecule has 1 aromatic heterocycles. The Hall–Kier alpha value is -1.95. The Morgan fingerprint density at radius 3 is 2.67 bits per heavy atom. The maximum atomic E-state index is 13.2. The SMILES string of the molecule is CCCCC1CCC(C(=O)Nc2c3c(nn2-c2ccc(C)cc2C)C[S@](=O)C3)CC1. The predicted molar refractivity (Wildman–Crippen MR) is 122 cm³/mol. The van der Waals surface area contributed by atoms with Crippen LogP contribution in [0.5, 0.6) is 0 Å². The van der Waals surface area contributed by atoms with Crippen molar-refractivity contribution in [3.63, 3.8) is 0 Å². The number of hydrogen-bond acceptors (Lipinski definition) is 3. The van der Waals surface area contributed by atoms with Crippen molar-refractivity contribution in [2.45, 2.75) is 77.2 Å². The summed E-state index contributed by atoms with van der Waals surface area (Å²) in [7, 11) is -0.927. The maximum absolute atomic E-state index is 13.2. The number of nitrogens with zero attached hydrogens (tertiary/aromatic N) is 2. The first-order valence-electron chi connectivity index (χ1n) is 11.3. The average Bonchev–Trinajstić information content (AvgIpc) is 3.23. The summed E-state index contributed by atoms with van der Waals surface area (Å²) >= 11 is 0. The van der Waals surface area contributed by atoms with Gasteiger partial charge in [0, 0.05) is 22.3 Å². The topological polar surface area (TPSA) is 64.0 Å². The van der Waals surface area contributed by atoms with Gasteiger partial charge in [-0.1, -0.05) is 43.9 Å². The molecule has 4 rings (SSSR count). The predicted octanol–water partition coefficient (Wildman–Crippen LogP) is 5.19. The van der Waals surface area contributed by atoms with Crippen molar-refractivity contribution >= 4 is 22.5 Å². The Balaban J connectivity index is 1.55. The second-order valence-corrected chi connectivity index (χ2v) is 10.5. The summed E-state index contributed by atoms with van der Waals surface area (Å²) in [6.45, 7) is 6.38. The third-order valence-electron chi connectivity index (χ3n) is 6.68. The molecule has 1 aromatic carbocycles. The standard InChI is InChI=1S/C24H33N3O2S/c1-4-5-6-18-8-10-19(11-9-18)24(28)25-23-20-14-30(29)15-21(20)26-27(23)22-12-7-16(2)13-17(22)3/h7,12-13,18-19H,4-6,8-11,14-15H2,1-3H3,(H,25,28)/t18?,19?,30-/m1/s1. The van der Waals surface area contributed by atoms with Crippen molar-refractivity contribution < 1.29 is 9.00 Å². The highest BCUT2D eigenvalue weighted by molar-refractivity contribution is 7.83. The smallest absolute Gasteiger partial charge is 0.228 e. The van der Waals surface area contributed by atoms with E-state index in [-0.39, 0.29) is 11.8 Å². The number of unbranched alkanes of at least 4 members (excludes halogenated alkanes) is 1. The number of anilines is 1. The van der Waals surface area contributed by atoms with Crippen LogP contribution in [0.3, 0.4) is 0 Å². The minimum absolute atomic E-state index is 0.0629. The molecule has 1 aliphatic carbocycles. The van der Waals surface area contributed by atoms with Crippen LogP contribution in [0.25, 0.3) is 5.69 Å². The molecular weight excluding hydrogens is 394 g/mol. The normalized spacial score (nSPS) is 23.4. The summed E-state index contributed by atoms with van der Waals surface area (Å²) in [6, 6.07) is 6.25. The van der Waals surface area contributed by atoms with Crippen molar-refractivity contribution in [1.29, 1.82) is 0 Å². The lowest BCUT2D eigenvalue weighted by Crippen LogP contribution is -2.28. The van der Waals surface area contributed by atoms with Crippen LogP contribution in [0.15, 0.2) is 18.2 Å². The zero-order chi connectivity index (χ0) is 21.3. The molecule has 0 radical (unpaired) electrons. The van der Waals surface area contributed by atoms with E-state index in [1.807, 2.05) is 4.68 Å². The number of benzene rings is 1. The molecule has 30 heavy (non-hydrogen) atoms. The Morgan fingerprint density at radius 1 is 1.20 bits per heavy atom. The van der Waals surface area contributed by atoms with E-state index in [0.717, 1.165) is 59.9 Å². The van der Waals surface area contributed by atoms with Gasteiger partial charge in [-0.25, -0.2) is 4.68 Å². The largest absolute Gasteiger partial charge is 0.310 e. The van der Waals surface area contributed by atoms with E-state index >= 15 is 0 Å². The molecule has 2 aromatic rings. The number of amides is 1. The first-order chi connectivity index (χ1) is 14.5. The van der Waals surface area contributed by atoms with Crippen LogP contribution >= 0.6 is 0 Å². The summed E-state index contributed by atoms with van der Waals surface area (Å²) in [6.07, 6.45) is 8.06. The van der Waals surface area contributed by atoms with E-state index in [1.54, 1.807) is 0 Å². The van der Waals surface area contributed by atoms with Gasteiger partial charge < -0.3 is 5.32 Å². The highest BCUT2D eigenvalue weighted by Gasteiger charge is 2.31. The third kappa shape index (κ3) is 4.39. The van der Waals surface area contributed by atoms with Crippen LogP contribution in [0, 0.1) is 25.7 Å². The average molecular weight is 428 g/mol. The van der Waals surface area contributed by atoms with Gasteiger partial charge in [0.15, 0.2) is 0 Å². The monoisotopic (exact) mass is 427 g/mol. The van der Waals surface area contributed by atoms with Crippen molar-refractivity contribution in [1.82, 2.24) is 9.78 Å². The molecule has 1 atom stereocenters. The molecule has 1 saturated carbocycles. The van der Waals surface area contributed by atoms with Crippen LogP contribution in [0.2, 0.25) is 0 Å². The Morgan fingerprint density at radius 2 is 1.97 bits per heavy atom. The molecule has 1 N–H and O–H groups in total. The van der Waals surface area contributed by atoms with Gasteiger partial charge >= 0.3 is 0 Å². The van der Waals surface area contributed by atoms with Gasteiger partial charge in [-0.05, 0) is 57.1 Å². The van der Waals surface area contributed by atoms with Crippen molar-refractivity contribution in [3.8, 4) is 5.69 Å². The van der Waals surface area contributed by atoms with Gasteiger partial charge in [0.05, 0.1) is 22.9 Å². The minimum Gasteiger partial charge on any atom is -0.310 e. The van der Waals surface area contributed by atoms with Gasteiger partial charge in [-0.3, -0.25) is 9.00 Å². The molecule has 0 saturated heterocycles. The molecule has 0 spiro atoms. The molecule has 5 nitrogen and oxygen atoms in total. The second kappa shape index (κ2) is 9.04. The van der Waals surface area contributed by atoms with Crippen LogP contribution < -0.4 is 5.32 Å². The van der Waals surface area contributed by atoms with Gasteiger partial charge in [-0.15, -0.1) is 0 Å². The molecule has 1 aliphatic heterocycles. The fraction of sp³-hybridized carbons (Fsp3) is 0.583. The highest BCUT2D eigenvalue weighted by atomic mass is 32.2. The summed E-state index contributed by atoms with van der Waals surface area (Å²) in [4.78, 5) is 13.2. The molecule has 1 amide bonds. The summed E-state index contributed by atoms with van der Waals surface area (Å²) in [5.41, 5.74) is 5.08. The summed E-state index contributed by atoms with van der Waals surface area (Å²) < 4.78 is 14.0. The van der Waals surface area contributed by atoms with Gasteiger partial charge in [0.2, 0.25) is 5.91 Å². The number of carbonyl (C=O) groups excluding carboxylic acids is 1. The van der Waals surface area contributed by atoms with Crippen LogP contribution in [-0.4, -0.2) is 19.9 Å². The number of aryl methyl sites for hydroxylation is 2. The number of rotatable bonds is 6. The Bertz CT molecular complexity index is 958. The quantitative estimate of drug-likeness (QED) is 0.690. The molecule has 6 heteroatoms. The number of fused-ring (bicyclic) bond motifs is 1. The highest BCUT2D eigenvalue weighted by Crippen LogP contribution is 2.35. The van der Waals surface area contributed by atoms with Crippen molar-refractivity contribution in [3.05, 3.63) is 40.6 Å². The number of nitrogens with one attached hydrogen (secondary N) is 1. The third-order valence-corrected chi connectivity index (χ3v) is 7.88. The van der Waals surface area contributed by atoms with Gasteiger partial charge in [0.1, 0.15) is 5.82 Å². The lowest BCUT2D eigenvalue weighted by Gasteiger charge is -2.28. The first-order valence-corrected chi connectivity index (χ1v) is 12.8. The van der Waals surface area contributed by atoms with Crippen molar-refractivity contribution in [2.75, 3.05) is 5.32 Å². The molecule has 1 fully saturated rings. The minimum atomic E-state index is -0.927. The fourth-order valence-electron chi connectivity index (χ4n) is 4.90. The van der Waals surface area contributed by atoms with Crippen molar-refractivity contribution in [2.24, 2.45) is 11.8 Å². The van der Waals surface area contributed by atoms with E-state index in [2.05, 4.69) is 44.3 Å². The van der Waals surface area contributed by atoms with E-state index in [1.165, 1.54) is 24.8 Å².